The summed E-state index contributed by atoms with van der Waals surface area (Å²) in [7, 11) is 1.13. The Morgan fingerprint density at radius 2 is 1.33 bits per heavy atom. The van der Waals surface area contributed by atoms with Crippen LogP contribution in [-0.2, 0) is 0 Å². The maximum absolute atomic E-state index is 2.16. The lowest BCUT2D eigenvalue weighted by atomic mass is 9.64. The molecule has 0 amide bonds. The first kappa shape index (κ1) is 8.54. The van der Waals surface area contributed by atoms with Gasteiger partial charge in [-0.1, -0.05) is 26.0 Å². The monoisotopic (exact) mass is 122 g/mol. The third-order valence-electron chi connectivity index (χ3n) is 1.54. The summed E-state index contributed by atoms with van der Waals surface area (Å²) in [5.41, 5.74) is 2.90. The van der Waals surface area contributed by atoms with E-state index < -0.39 is 0 Å². The van der Waals surface area contributed by atoms with E-state index in [1.165, 1.54) is 10.9 Å². The summed E-state index contributed by atoms with van der Waals surface area (Å²) in [5, 5.41) is 0. The van der Waals surface area contributed by atoms with Crippen molar-refractivity contribution in [3.05, 3.63) is 23.1 Å². The van der Waals surface area contributed by atoms with Gasteiger partial charge in [0.05, 0.1) is 0 Å². The summed E-state index contributed by atoms with van der Waals surface area (Å²) in [4.78, 5) is 0. The number of rotatable bonds is 2. The van der Waals surface area contributed by atoms with E-state index in [9.17, 15) is 0 Å². The van der Waals surface area contributed by atoms with Gasteiger partial charge in [0.2, 0.25) is 0 Å². The standard InChI is InChI=1S/C8H15B/c1-5-7(3)9-8(4)6-2/h5-6,9H,1-4H3/b7-5+,8-6+. The van der Waals surface area contributed by atoms with Crippen molar-refractivity contribution in [3.63, 3.8) is 0 Å². The highest BCUT2D eigenvalue weighted by molar-refractivity contribution is 6.53. The molecule has 0 saturated heterocycles. The predicted octanol–water partition coefficient (Wildman–Crippen LogP) is 2.27. The molecule has 0 aromatic rings. The minimum Gasteiger partial charge on any atom is -0.107 e. The third kappa shape index (κ3) is 4.08. The Labute approximate surface area is 58.9 Å². The maximum Gasteiger partial charge on any atom is 0.180 e. The van der Waals surface area contributed by atoms with Crippen LogP contribution in [0.1, 0.15) is 27.7 Å². The lowest BCUT2D eigenvalue weighted by Gasteiger charge is -1.95. The van der Waals surface area contributed by atoms with E-state index in [2.05, 4.69) is 39.8 Å². The molecule has 0 spiro atoms. The van der Waals surface area contributed by atoms with Crippen LogP contribution < -0.4 is 0 Å². The minimum absolute atomic E-state index is 1.13. The highest BCUT2D eigenvalue weighted by Gasteiger charge is 1.91. The number of hydrogen-bond acceptors (Lipinski definition) is 0. The molecule has 9 heavy (non-hydrogen) atoms. The van der Waals surface area contributed by atoms with Crippen LogP contribution >= 0.6 is 0 Å². The van der Waals surface area contributed by atoms with E-state index in [4.69, 9.17) is 0 Å². The van der Waals surface area contributed by atoms with Gasteiger partial charge in [-0.05, 0) is 13.8 Å². The van der Waals surface area contributed by atoms with Crippen LogP contribution in [0.25, 0.3) is 0 Å². The van der Waals surface area contributed by atoms with E-state index in [1.54, 1.807) is 0 Å². The number of hydrogen-bond donors (Lipinski definition) is 0. The van der Waals surface area contributed by atoms with Gasteiger partial charge in [-0.2, -0.15) is 0 Å². The molecule has 0 bridgehead atoms. The Morgan fingerprint density at radius 3 is 1.56 bits per heavy atom. The molecule has 0 aliphatic rings. The zero-order valence-corrected chi connectivity index (χ0v) is 6.86. The molecule has 1 heteroatoms. The first-order valence-corrected chi connectivity index (χ1v) is 3.44. The van der Waals surface area contributed by atoms with Gasteiger partial charge in [0.15, 0.2) is 7.28 Å². The highest BCUT2D eigenvalue weighted by atomic mass is 13.7. The van der Waals surface area contributed by atoms with Crippen LogP contribution in [0.2, 0.25) is 0 Å². The van der Waals surface area contributed by atoms with Gasteiger partial charge >= 0.3 is 0 Å². The molecule has 0 aliphatic carbocycles. The summed E-state index contributed by atoms with van der Waals surface area (Å²) in [6.07, 6.45) is 4.32. The summed E-state index contributed by atoms with van der Waals surface area (Å²) in [5.74, 6) is 0. The second kappa shape index (κ2) is 4.43. The lowest BCUT2D eigenvalue weighted by Crippen LogP contribution is -1.93. The molecule has 50 valence electrons. The second-order valence-electron chi connectivity index (χ2n) is 2.45. The molecular weight excluding hydrogens is 107 g/mol. The molecule has 0 fully saturated rings. The quantitative estimate of drug-likeness (QED) is 0.493. The van der Waals surface area contributed by atoms with Gasteiger partial charge in [-0.25, -0.2) is 0 Å². The Hall–Kier alpha value is -0.455. The maximum atomic E-state index is 2.16. The van der Waals surface area contributed by atoms with E-state index in [1.807, 2.05) is 0 Å². The van der Waals surface area contributed by atoms with Crippen molar-refractivity contribution in [1.82, 2.24) is 0 Å². The molecule has 0 unspecified atom stereocenters. The van der Waals surface area contributed by atoms with Crippen LogP contribution in [0.15, 0.2) is 23.1 Å². The van der Waals surface area contributed by atoms with Crippen molar-refractivity contribution in [3.8, 4) is 0 Å². The van der Waals surface area contributed by atoms with Crippen molar-refractivity contribution in [2.24, 2.45) is 0 Å². The lowest BCUT2D eigenvalue weighted by molar-refractivity contribution is 1.52. The smallest absolute Gasteiger partial charge is 0.107 e. The van der Waals surface area contributed by atoms with Crippen LogP contribution in [-0.4, -0.2) is 7.28 Å². The van der Waals surface area contributed by atoms with Gasteiger partial charge in [-0.3, -0.25) is 0 Å². The molecule has 0 aromatic carbocycles. The number of allylic oxidation sites excluding steroid dienone is 4. The Balaban J connectivity index is 3.75. The molecule has 0 aliphatic heterocycles. The topological polar surface area (TPSA) is 0 Å². The van der Waals surface area contributed by atoms with Gasteiger partial charge in [0.1, 0.15) is 0 Å². The van der Waals surface area contributed by atoms with Crippen LogP contribution in [0, 0.1) is 0 Å². The second-order valence-corrected chi connectivity index (χ2v) is 2.45. The van der Waals surface area contributed by atoms with Crippen LogP contribution in [0.3, 0.4) is 0 Å². The van der Waals surface area contributed by atoms with Gasteiger partial charge in [0.25, 0.3) is 0 Å². The van der Waals surface area contributed by atoms with E-state index >= 15 is 0 Å². The molecule has 0 aromatic heterocycles. The van der Waals surface area contributed by atoms with E-state index in [-0.39, 0.29) is 0 Å². The van der Waals surface area contributed by atoms with Crippen LogP contribution in [0.5, 0.6) is 0 Å². The third-order valence-corrected chi connectivity index (χ3v) is 1.54. The summed E-state index contributed by atoms with van der Waals surface area (Å²) >= 11 is 0. The van der Waals surface area contributed by atoms with Gasteiger partial charge in [-0.15, -0.1) is 10.9 Å². The fourth-order valence-electron chi connectivity index (χ4n) is 0.644. The van der Waals surface area contributed by atoms with Gasteiger partial charge < -0.3 is 0 Å². The fraction of sp³-hybridized carbons (Fsp3) is 0.500. The predicted molar refractivity (Wildman–Crippen MR) is 46.0 cm³/mol. The normalized spacial score (nSPS) is 13.8. The zero-order valence-electron chi connectivity index (χ0n) is 6.86. The highest BCUT2D eigenvalue weighted by Crippen LogP contribution is 1.96. The molecular formula is C8H15B. The minimum atomic E-state index is 1.13. The van der Waals surface area contributed by atoms with Crippen molar-refractivity contribution < 1.29 is 0 Å². The molecule has 0 atom stereocenters. The first-order valence-electron chi connectivity index (χ1n) is 3.44. The molecule has 0 rings (SSSR count). The van der Waals surface area contributed by atoms with Crippen molar-refractivity contribution in [1.29, 1.82) is 0 Å². The fourth-order valence-corrected chi connectivity index (χ4v) is 0.644. The van der Waals surface area contributed by atoms with Crippen molar-refractivity contribution >= 4 is 7.28 Å². The average Bonchev–Trinajstić information content (AvgIpc) is 1.87. The molecule has 0 saturated carbocycles. The van der Waals surface area contributed by atoms with E-state index in [0.717, 1.165) is 7.28 Å². The first-order chi connectivity index (χ1) is 4.20. The van der Waals surface area contributed by atoms with Gasteiger partial charge in [0, 0.05) is 0 Å². The molecule has 0 radical (unpaired) electrons. The summed E-state index contributed by atoms with van der Waals surface area (Å²) < 4.78 is 0. The summed E-state index contributed by atoms with van der Waals surface area (Å²) in [6.45, 7) is 8.48. The molecule has 0 heterocycles. The Kier molecular flexibility index (Phi) is 4.20. The van der Waals surface area contributed by atoms with Crippen LogP contribution in [0.4, 0.5) is 0 Å². The Bertz CT molecular complexity index is 116. The largest absolute Gasteiger partial charge is 0.180 e. The molecule has 0 N–H and O–H groups in total. The summed E-state index contributed by atoms with van der Waals surface area (Å²) in [6, 6.07) is 0. The zero-order chi connectivity index (χ0) is 7.28. The van der Waals surface area contributed by atoms with Crippen molar-refractivity contribution in [2.75, 3.05) is 0 Å². The van der Waals surface area contributed by atoms with Crippen molar-refractivity contribution in [2.45, 2.75) is 27.7 Å². The SMILES string of the molecule is C/C=C(\C)B/C(C)=C/C. The van der Waals surface area contributed by atoms with E-state index in [0.29, 0.717) is 0 Å². The molecule has 0 nitrogen and oxygen atoms in total. The Morgan fingerprint density at radius 1 is 1.00 bits per heavy atom. The average molecular weight is 122 g/mol.